The Morgan fingerprint density at radius 2 is 1.84 bits per heavy atom. The molecule has 0 unspecified atom stereocenters. The Balaban J connectivity index is 2.08. The average molecular weight is 371 g/mol. The zero-order chi connectivity index (χ0) is 18.6. The van der Waals surface area contributed by atoms with E-state index in [1.807, 2.05) is 0 Å². The van der Waals surface area contributed by atoms with Crippen LogP contribution in [0, 0.1) is 0 Å². The smallest absolute Gasteiger partial charge is 0.323 e. The number of benzene rings is 1. The van der Waals surface area contributed by atoms with Crippen LogP contribution in [-0.4, -0.2) is 61.9 Å². The van der Waals surface area contributed by atoms with Gasteiger partial charge in [0.2, 0.25) is 5.91 Å². The number of carboxylic acid groups (broad SMARTS) is 1. The molecule has 1 N–H and O–H groups in total. The fourth-order valence-corrected chi connectivity index (χ4v) is 3.65. The number of sulfone groups is 1. The lowest BCUT2D eigenvalue weighted by molar-refractivity contribution is -0.145. The molecule has 1 amide bonds. The fourth-order valence-electron chi connectivity index (χ4n) is 2.40. The fraction of sp³-hybridized carbons (Fsp3) is 0.500. The van der Waals surface area contributed by atoms with Crippen LogP contribution < -0.4 is 9.47 Å². The number of hydrogen-bond donors (Lipinski definition) is 1. The van der Waals surface area contributed by atoms with E-state index in [1.54, 1.807) is 13.8 Å². The van der Waals surface area contributed by atoms with Crippen LogP contribution in [0.4, 0.5) is 0 Å². The van der Waals surface area contributed by atoms with Gasteiger partial charge in [0.05, 0.1) is 10.6 Å². The molecule has 1 aromatic rings. The van der Waals surface area contributed by atoms with Gasteiger partial charge < -0.3 is 19.5 Å². The molecule has 8 nitrogen and oxygen atoms in total. The van der Waals surface area contributed by atoms with Crippen LogP contribution in [0.1, 0.15) is 20.3 Å². The van der Waals surface area contributed by atoms with Gasteiger partial charge in [-0.25, -0.2) is 8.42 Å². The van der Waals surface area contributed by atoms with Gasteiger partial charge in [0.15, 0.2) is 21.3 Å². The third kappa shape index (κ3) is 4.85. The Labute approximate surface area is 146 Å². The topological polar surface area (TPSA) is 110 Å². The van der Waals surface area contributed by atoms with Crippen molar-refractivity contribution in [1.29, 1.82) is 0 Å². The van der Waals surface area contributed by atoms with Crippen LogP contribution in [0.15, 0.2) is 23.1 Å². The summed E-state index contributed by atoms with van der Waals surface area (Å²) in [4.78, 5) is 24.2. The molecule has 0 aromatic heterocycles. The van der Waals surface area contributed by atoms with E-state index >= 15 is 0 Å². The van der Waals surface area contributed by atoms with E-state index in [1.165, 1.54) is 18.2 Å². The molecule has 1 aliphatic rings. The van der Waals surface area contributed by atoms with E-state index in [2.05, 4.69) is 0 Å². The standard InChI is InChI=1S/C16H21NO7S/c1-11(2)17(10-16(19)20)15(18)5-8-25(21,22)12-3-4-13-14(9-12)24-7-6-23-13/h3-4,9,11H,5-8,10H2,1-2H3,(H,19,20). The van der Waals surface area contributed by atoms with Crippen molar-refractivity contribution in [1.82, 2.24) is 4.90 Å². The first-order valence-electron chi connectivity index (χ1n) is 7.84. The van der Waals surface area contributed by atoms with Crippen molar-refractivity contribution in [3.05, 3.63) is 18.2 Å². The highest BCUT2D eigenvalue weighted by atomic mass is 32.2. The maximum atomic E-state index is 12.5. The minimum absolute atomic E-state index is 0.0406. The molecule has 0 bridgehead atoms. The van der Waals surface area contributed by atoms with Gasteiger partial charge in [-0.2, -0.15) is 0 Å². The number of ether oxygens (including phenoxy) is 2. The second-order valence-electron chi connectivity index (χ2n) is 5.88. The molecule has 1 heterocycles. The molecule has 1 aliphatic heterocycles. The molecular weight excluding hydrogens is 350 g/mol. The average Bonchev–Trinajstić information content (AvgIpc) is 2.56. The van der Waals surface area contributed by atoms with Crippen LogP contribution in [0.2, 0.25) is 0 Å². The number of hydrogen-bond acceptors (Lipinski definition) is 6. The molecule has 25 heavy (non-hydrogen) atoms. The second-order valence-corrected chi connectivity index (χ2v) is 7.99. The van der Waals surface area contributed by atoms with Crippen molar-refractivity contribution in [3.8, 4) is 11.5 Å². The third-order valence-electron chi connectivity index (χ3n) is 3.71. The lowest BCUT2D eigenvalue weighted by Gasteiger charge is -2.25. The summed E-state index contributed by atoms with van der Waals surface area (Å²) in [5.41, 5.74) is 0. The number of carbonyl (C=O) groups is 2. The van der Waals surface area contributed by atoms with Gasteiger partial charge in [-0.15, -0.1) is 0 Å². The first kappa shape index (κ1) is 19.0. The summed E-state index contributed by atoms with van der Waals surface area (Å²) in [6, 6.07) is 3.98. The molecule has 0 aliphatic carbocycles. The predicted octanol–water partition coefficient (Wildman–Crippen LogP) is 0.943. The molecule has 1 aromatic carbocycles. The maximum absolute atomic E-state index is 12.5. The maximum Gasteiger partial charge on any atom is 0.323 e. The molecule has 2 rings (SSSR count). The molecule has 138 valence electrons. The van der Waals surface area contributed by atoms with E-state index in [-0.39, 0.29) is 17.4 Å². The zero-order valence-corrected chi connectivity index (χ0v) is 14.9. The van der Waals surface area contributed by atoms with Crippen molar-refractivity contribution in [2.75, 3.05) is 25.5 Å². The Kier molecular flexibility index (Phi) is 5.89. The van der Waals surface area contributed by atoms with Crippen LogP contribution in [-0.2, 0) is 19.4 Å². The van der Waals surface area contributed by atoms with E-state index in [9.17, 15) is 18.0 Å². The highest BCUT2D eigenvalue weighted by molar-refractivity contribution is 7.91. The second kappa shape index (κ2) is 7.73. The number of carboxylic acids is 1. The van der Waals surface area contributed by atoms with Crippen LogP contribution >= 0.6 is 0 Å². The van der Waals surface area contributed by atoms with Crippen LogP contribution in [0.5, 0.6) is 11.5 Å². The predicted molar refractivity (Wildman–Crippen MR) is 88.6 cm³/mol. The lowest BCUT2D eigenvalue weighted by Crippen LogP contribution is -2.41. The molecule has 0 atom stereocenters. The van der Waals surface area contributed by atoms with Gasteiger partial charge in [0, 0.05) is 18.5 Å². The zero-order valence-electron chi connectivity index (χ0n) is 14.1. The van der Waals surface area contributed by atoms with E-state index in [0.29, 0.717) is 24.7 Å². The number of amides is 1. The van der Waals surface area contributed by atoms with Gasteiger partial charge in [0.1, 0.15) is 19.8 Å². The third-order valence-corrected chi connectivity index (χ3v) is 5.42. The summed E-state index contributed by atoms with van der Waals surface area (Å²) in [5.74, 6) is -1.23. The molecule has 0 saturated heterocycles. The molecule has 0 radical (unpaired) electrons. The largest absolute Gasteiger partial charge is 0.486 e. The van der Waals surface area contributed by atoms with Gasteiger partial charge in [-0.1, -0.05) is 0 Å². The van der Waals surface area contributed by atoms with Gasteiger partial charge in [0.25, 0.3) is 0 Å². The first-order chi connectivity index (χ1) is 11.7. The minimum atomic E-state index is -3.71. The Morgan fingerprint density at radius 3 is 2.44 bits per heavy atom. The molecule has 9 heteroatoms. The van der Waals surface area contributed by atoms with Crippen LogP contribution in [0.3, 0.4) is 0 Å². The first-order valence-corrected chi connectivity index (χ1v) is 9.49. The molecule has 0 fully saturated rings. The summed E-state index contributed by atoms with van der Waals surface area (Å²) in [5, 5.41) is 8.86. The highest BCUT2D eigenvalue weighted by Gasteiger charge is 2.24. The minimum Gasteiger partial charge on any atom is -0.486 e. The Hall–Kier alpha value is -2.29. The quantitative estimate of drug-likeness (QED) is 0.759. The van der Waals surface area contributed by atoms with Crippen molar-refractivity contribution in [3.63, 3.8) is 0 Å². The Morgan fingerprint density at radius 1 is 1.20 bits per heavy atom. The van der Waals surface area contributed by atoms with Crippen LogP contribution in [0.25, 0.3) is 0 Å². The van der Waals surface area contributed by atoms with E-state index in [4.69, 9.17) is 14.6 Å². The monoisotopic (exact) mass is 371 g/mol. The molecule has 0 saturated carbocycles. The van der Waals surface area contributed by atoms with Crippen molar-refractivity contribution >= 4 is 21.7 Å². The van der Waals surface area contributed by atoms with Crippen molar-refractivity contribution in [2.24, 2.45) is 0 Å². The Bertz CT molecular complexity index is 758. The summed E-state index contributed by atoms with van der Waals surface area (Å²) in [6.07, 6.45) is -0.289. The molecular formula is C16H21NO7S. The van der Waals surface area contributed by atoms with Gasteiger partial charge in [-0.05, 0) is 26.0 Å². The number of nitrogens with zero attached hydrogens (tertiary/aromatic N) is 1. The van der Waals surface area contributed by atoms with Gasteiger partial charge >= 0.3 is 5.97 Å². The number of aliphatic carboxylic acids is 1. The van der Waals surface area contributed by atoms with Crippen molar-refractivity contribution < 1.29 is 32.6 Å². The lowest BCUT2D eigenvalue weighted by atomic mass is 10.3. The number of fused-ring (bicyclic) bond motifs is 1. The SMILES string of the molecule is CC(C)N(CC(=O)O)C(=O)CCS(=O)(=O)c1ccc2c(c1)OCCO2. The van der Waals surface area contributed by atoms with E-state index < -0.39 is 34.0 Å². The highest BCUT2D eigenvalue weighted by Crippen LogP contribution is 2.32. The van der Waals surface area contributed by atoms with Gasteiger partial charge in [-0.3, -0.25) is 9.59 Å². The summed E-state index contributed by atoms with van der Waals surface area (Å²) in [6.45, 7) is 3.64. The summed E-state index contributed by atoms with van der Waals surface area (Å²) >= 11 is 0. The molecule has 0 spiro atoms. The summed E-state index contributed by atoms with van der Waals surface area (Å²) < 4.78 is 35.6. The van der Waals surface area contributed by atoms with Crippen molar-refractivity contribution in [2.45, 2.75) is 31.2 Å². The van der Waals surface area contributed by atoms with E-state index in [0.717, 1.165) is 4.90 Å². The number of carbonyl (C=O) groups excluding carboxylic acids is 1. The normalized spacial score (nSPS) is 13.6. The summed E-state index contributed by atoms with van der Waals surface area (Å²) in [7, 11) is -3.71. The number of rotatable bonds is 7.